The van der Waals surface area contributed by atoms with Gasteiger partial charge in [0.1, 0.15) is 5.82 Å². The van der Waals surface area contributed by atoms with Gasteiger partial charge in [0.2, 0.25) is 5.91 Å². The van der Waals surface area contributed by atoms with Crippen molar-refractivity contribution in [1.82, 2.24) is 10.2 Å². The number of carbonyl (C=O) groups excluding carboxylic acids is 1. The van der Waals surface area contributed by atoms with Crippen LogP contribution in [0.5, 0.6) is 0 Å². The van der Waals surface area contributed by atoms with Gasteiger partial charge in [-0.05, 0) is 63.7 Å². The number of amides is 1. The van der Waals surface area contributed by atoms with Gasteiger partial charge in [0, 0.05) is 28.6 Å². The zero-order valence-electron chi connectivity index (χ0n) is 16.7. The Kier molecular flexibility index (Phi) is 6.73. The van der Waals surface area contributed by atoms with Crippen LogP contribution in [0.25, 0.3) is 0 Å². The summed E-state index contributed by atoms with van der Waals surface area (Å²) in [5, 5.41) is 3.69. The van der Waals surface area contributed by atoms with E-state index in [0.29, 0.717) is 17.1 Å². The number of piperidine rings is 1. The summed E-state index contributed by atoms with van der Waals surface area (Å²) in [5.41, 5.74) is 0.496. The van der Waals surface area contributed by atoms with Crippen LogP contribution < -0.4 is 5.32 Å². The summed E-state index contributed by atoms with van der Waals surface area (Å²) < 4.78 is 14.0. The number of hydrogen-bond acceptors (Lipinski definition) is 2. The van der Waals surface area contributed by atoms with Gasteiger partial charge in [-0.1, -0.05) is 38.4 Å². The van der Waals surface area contributed by atoms with Gasteiger partial charge in [-0.3, -0.25) is 9.69 Å². The van der Waals surface area contributed by atoms with Gasteiger partial charge in [0.15, 0.2) is 0 Å². The standard InChI is InChI=1S/C21H32ClFN2O/c1-20(2,3)14-21(4,5)24-19(26)15-9-11-25(12-10-15)13-16-17(22)7-6-8-18(16)23/h6-8,15H,9-14H2,1-5H3,(H,24,26). The molecule has 2 rings (SSSR count). The minimum Gasteiger partial charge on any atom is -0.351 e. The molecule has 0 saturated carbocycles. The lowest BCUT2D eigenvalue weighted by Gasteiger charge is -2.36. The predicted octanol–water partition coefficient (Wildman–Crippen LogP) is 5.02. The van der Waals surface area contributed by atoms with Crippen LogP contribution >= 0.6 is 11.6 Å². The van der Waals surface area contributed by atoms with Crippen molar-refractivity contribution < 1.29 is 9.18 Å². The van der Waals surface area contributed by atoms with Crippen LogP contribution in [0.1, 0.15) is 59.4 Å². The van der Waals surface area contributed by atoms with E-state index in [9.17, 15) is 9.18 Å². The van der Waals surface area contributed by atoms with Crippen molar-refractivity contribution in [2.24, 2.45) is 11.3 Å². The number of halogens is 2. The first-order chi connectivity index (χ1) is 12.0. The Balaban J connectivity index is 1.87. The van der Waals surface area contributed by atoms with Crippen molar-refractivity contribution in [2.45, 2.75) is 66.0 Å². The second-order valence-electron chi connectivity index (χ2n) is 9.36. The summed E-state index contributed by atoms with van der Waals surface area (Å²) in [6.07, 6.45) is 2.52. The molecule has 1 aromatic carbocycles. The first kappa shape index (κ1) is 21.2. The fourth-order valence-corrected chi connectivity index (χ4v) is 4.29. The van der Waals surface area contributed by atoms with Crippen molar-refractivity contribution in [3.63, 3.8) is 0 Å². The molecule has 0 aromatic heterocycles. The zero-order chi connectivity index (χ0) is 19.5. The fraction of sp³-hybridized carbons (Fsp3) is 0.667. The van der Waals surface area contributed by atoms with Crippen LogP contribution in [0, 0.1) is 17.2 Å². The quantitative estimate of drug-likeness (QED) is 0.775. The maximum atomic E-state index is 14.0. The molecule has 1 aliphatic rings. The molecule has 0 bridgehead atoms. The van der Waals surface area contributed by atoms with Gasteiger partial charge in [-0.15, -0.1) is 0 Å². The van der Waals surface area contributed by atoms with E-state index in [-0.39, 0.29) is 28.6 Å². The second kappa shape index (κ2) is 8.26. The van der Waals surface area contributed by atoms with Crippen LogP contribution in [0.2, 0.25) is 5.02 Å². The maximum Gasteiger partial charge on any atom is 0.223 e. The van der Waals surface area contributed by atoms with E-state index in [4.69, 9.17) is 11.6 Å². The lowest BCUT2D eigenvalue weighted by molar-refractivity contribution is -0.128. The molecule has 146 valence electrons. The van der Waals surface area contributed by atoms with Crippen LogP contribution in [0.4, 0.5) is 4.39 Å². The van der Waals surface area contributed by atoms with E-state index in [1.165, 1.54) is 6.07 Å². The molecule has 1 fully saturated rings. The second-order valence-corrected chi connectivity index (χ2v) is 9.77. The Hall–Kier alpha value is -1.13. The normalized spacial score (nSPS) is 17.3. The molecule has 1 saturated heterocycles. The van der Waals surface area contributed by atoms with Gasteiger partial charge in [-0.2, -0.15) is 0 Å². The maximum absolute atomic E-state index is 14.0. The molecular weight excluding hydrogens is 351 g/mol. The molecule has 3 nitrogen and oxygen atoms in total. The summed E-state index contributed by atoms with van der Waals surface area (Å²) in [6, 6.07) is 4.78. The summed E-state index contributed by atoms with van der Waals surface area (Å²) in [5.74, 6) is -0.0919. The lowest BCUT2D eigenvalue weighted by Crippen LogP contribution is -2.50. The minimum absolute atomic E-state index is 0.0292. The highest BCUT2D eigenvalue weighted by atomic mass is 35.5. The number of nitrogens with one attached hydrogen (secondary N) is 1. The Morgan fingerprint density at radius 2 is 1.85 bits per heavy atom. The molecular formula is C21H32ClFN2O. The third-order valence-electron chi connectivity index (χ3n) is 4.84. The SMILES string of the molecule is CC(C)(C)CC(C)(C)NC(=O)C1CCN(Cc2c(F)cccc2Cl)CC1. The van der Waals surface area contributed by atoms with E-state index in [0.717, 1.165) is 32.4 Å². The molecule has 0 atom stereocenters. The average molecular weight is 383 g/mol. The van der Waals surface area contributed by atoms with Crippen LogP contribution in [-0.4, -0.2) is 29.4 Å². The van der Waals surface area contributed by atoms with Crippen molar-refractivity contribution in [3.8, 4) is 0 Å². The van der Waals surface area contributed by atoms with E-state index in [1.54, 1.807) is 12.1 Å². The molecule has 1 aromatic rings. The van der Waals surface area contributed by atoms with Crippen molar-refractivity contribution in [3.05, 3.63) is 34.6 Å². The number of rotatable bonds is 5. The molecule has 1 amide bonds. The van der Waals surface area contributed by atoms with Gasteiger partial charge in [0.25, 0.3) is 0 Å². The summed E-state index contributed by atoms with van der Waals surface area (Å²) in [7, 11) is 0. The minimum atomic E-state index is -0.263. The molecule has 0 unspecified atom stereocenters. The predicted molar refractivity (Wildman–Crippen MR) is 106 cm³/mol. The van der Waals surface area contributed by atoms with Crippen molar-refractivity contribution >= 4 is 17.5 Å². The van der Waals surface area contributed by atoms with Crippen molar-refractivity contribution in [1.29, 1.82) is 0 Å². The summed E-state index contributed by atoms with van der Waals surface area (Å²) in [4.78, 5) is 14.8. The van der Waals surface area contributed by atoms with E-state index in [2.05, 4.69) is 44.8 Å². The van der Waals surface area contributed by atoms with Gasteiger partial charge < -0.3 is 5.32 Å². The summed E-state index contributed by atoms with van der Waals surface area (Å²) >= 11 is 6.12. The number of nitrogens with zero attached hydrogens (tertiary/aromatic N) is 1. The molecule has 0 spiro atoms. The monoisotopic (exact) mass is 382 g/mol. The Morgan fingerprint density at radius 1 is 1.23 bits per heavy atom. The van der Waals surface area contributed by atoms with Crippen LogP contribution in [0.15, 0.2) is 18.2 Å². The molecule has 1 heterocycles. The van der Waals surface area contributed by atoms with Crippen LogP contribution in [-0.2, 0) is 11.3 Å². The largest absolute Gasteiger partial charge is 0.351 e. The number of likely N-dealkylation sites (tertiary alicyclic amines) is 1. The van der Waals surface area contributed by atoms with Gasteiger partial charge in [0.05, 0.1) is 0 Å². The molecule has 0 aliphatic carbocycles. The average Bonchev–Trinajstić information content (AvgIpc) is 2.48. The zero-order valence-corrected chi connectivity index (χ0v) is 17.4. The van der Waals surface area contributed by atoms with Gasteiger partial charge >= 0.3 is 0 Å². The lowest BCUT2D eigenvalue weighted by atomic mass is 9.81. The first-order valence-corrected chi connectivity index (χ1v) is 9.82. The number of hydrogen-bond donors (Lipinski definition) is 1. The highest BCUT2D eigenvalue weighted by Crippen LogP contribution is 2.28. The molecule has 1 aliphatic heterocycles. The van der Waals surface area contributed by atoms with Crippen molar-refractivity contribution in [2.75, 3.05) is 13.1 Å². The highest BCUT2D eigenvalue weighted by Gasteiger charge is 2.31. The Morgan fingerprint density at radius 3 is 2.38 bits per heavy atom. The third kappa shape index (κ3) is 6.24. The molecule has 0 radical (unpaired) electrons. The molecule has 1 N–H and O–H groups in total. The Bertz CT molecular complexity index is 611. The highest BCUT2D eigenvalue weighted by molar-refractivity contribution is 6.31. The van der Waals surface area contributed by atoms with Crippen LogP contribution in [0.3, 0.4) is 0 Å². The number of benzene rings is 1. The van der Waals surface area contributed by atoms with Gasteiger partial charge in [-0.25, -0.2) is 4.39 Å². The van der Waals surface area contributed by atoms with E-state index < -0.39 is 0 Å². The topological polar surface area (TPSA) is 32.3 Å². The molecule has 5 heteroatoms. The van der Waals surface area contributed by atoms with E-state index >= 15 is 0 Å². The fourth-order valence-electron chi connectivity index (χ4n) is 4.07. The number of carbonyl (C=O) groups is 1. The Labute approximate surface area is 162 Å². The third-order valence-corrected chi connectivity index (χ3v) is 5.19. The molecule has 26 heavy (non-hydrogen) atoms. The van der Waals surface area contributed by atoms with E-state index in [1.807, 2.05) is 0 Å². The first-order valence-electron chi connectivity index (χ1n) is 9.44. The smallest absolute Gasteiger partial charge is 0.223 e. The summed E-state index contributed by atoms with van der Waals surface area (Å²) in [6.45, 7) is 12.8.